The summed E-state index contributed by atoms with van der Waals surface area (Å²) >= 11 is 0. The Labute approximate surface area is 109 Å². The average Bonchev–Trinajstić information content (AvgIpc) is 2.95. The summed E-state index contributed by atoms with van der Waals surface area (Å²) in [5.74, 6) is 0.355. The van der Waals surface area contributed by atoms with E-state index in [-0.39, 0.29) is 17.5 Å². The third-order valence-electron chi connectivity index (χ3n) is 4.03. The minimum atomic E-state index is -0.933. The standard InChI is InChI=1S/C13H13FN2O3/c14-11-6-10(1-2-12(11)16(18)19)15-13(17)9-4-7-3-8(7)5-9/h1-2,6-9H,3-5H2,(H,15,17). The van der Waals surface area contributed by atoms with Crippen LogP contribution in [-0.4, -0.2) is 10.8 Å². The van der Waals surface area contributed by atoms with E-state index >= 15 is 0 Å². The van der Waals surface area contributed by atoms with Gasteiger partial charge in [0.25, 0.3) is 0 Å². The Morgan fingerprint density at radius 3 is 2.58 bits per heavy atom. The van der Waals surface area contributed by atoms with Crippen molar-refractivity contribution in [2.75, 3.05) is 5.32 Å². The molecule has 0 bridgehead atoms. The van der Waals surface area contributed by atoms with E-state index < -0.39 is 16.4 Å². The zero-order valence-electron chi connectivity index (χ0n) is 10.1. The third kappa shape index (κ3) is 2.30. The van der Waals surface area contributed by atoms with Gasteiger partial charge in [-0.15, -0.1) is 0 Å². The molecule has 1 N–H and O–H groups in total. The quantitative estimate of drug-likeness (QED) is 0.674. The molecule has 1 amide bonds. The van der Waals surface area contributed by atoms with Crippen molar-refractivity contribution in [3.05, 3.63) is 34.1 Å². The van der Waals surface area contributed by atoms with Crippen molar-refractivity contribution in [3.63, 3.8) is 0 Å². The van der Waals surface area contributed by atoms with E-state index in [2.05, 4.69) is 5.32 Å². The maximum absolute atomic E-state index is 13.4. The Morgan fingerprint density at radius 2 is 2.00 bits per heavy atom. The lowest BCUT2D eigenvalue weighted by atomic mass is 10.0. The molecule has 2 atom stereocenters. The predicted molar refractivity (Wildman–Crippen MR) is 66.0 cm³/mol. The summed E-state index contributed by atoms with van der Waals surface area (Å²) in [7, 11) is 0. The van der Waals surface area contributed by atoms with Crippen molar-refractivity contribution in [1.29, 1.82) is 0 Å². The molecule has 0 radical (unpaired) electrons. The Morgan fingerprint density at radius 1 is 1.32 bits per heavy atom. The van der Waals surface area contributed by atoms with Crippen molar-refractivity contribution in [1.82, 2.24) is 0 Å². The molecule has 2 saturated carbocycles. The van der Waals surface area contributed by atoms with Crippen LogP contribution in [0.15, 0.2) is 18.2 Å². The average molecular weight is 264 g/mol. The molecule has 3 rings (SSSR count). The highest BCUT2D eigenvalue weighted by Gasteiger charge is 2.47. The van der Waals surface area contributed by atoms with E-state index in [9.17, 15) is 19.3 Å². The van der Waals surface area contributed by atoms with Crippen molar-refractivity contribution in [2.45, 2.75) is 19.3 Å². The minimum Gasteiger partial charge on any atom is -0.326 e. The number of nitrogens with one attached hydrogen (secondary N) is 1. The maximum Gasteiger partial charge on any atom is 0.304 e. The molecule has 5 nitrogen and oxygen atoms in total. The predicted octanol–water partition coefficient (Wildman–Crippen LogP) is 2.72. The van der Waals surface area contributed by atoms with Crippen LogP contribution in [0.5, 0.6) is 0 Å². The Balaban J connectivity index is 1.67. The second kappa shape index (κ2) is 4.29. The van der Waals surface area contributed by atoms with Gasteiger partial charge >= 0.3 is 5.69 Å². The monoisotopic (exact) mass is 264 g/mol. The molecule has 0 saturated heterocycles. The van der Waals surface area contributed by atoms with Crippen molar-refractivity contribution >= 4 is 17.3 Å². The van der Waals surface area contributed by atoms with Gasteiger partial charge in [-0.25, -0.2) is 0 Å². The van der Waals surface area contributed by atoms with E-state index in [1.807, 2.05) is 0 Å². The number of hydrogen-bond acceptors (Lipinski definition) is 3. The summed E-state index contributed by atoms with van der Waals surface area (Å²) in [5, 5.41) is 13.1. The lowest BCUT2D eigenvalue weighted by Gasteiger charge is -2.12. The van der Waals surface area contributed by atoms with E-state index in [0.29, 0.717) is 11.8 Å². The maximum atomic E-state index is 13.4. The van der Waals surface area contributed by atoms with Gasteiger partial charge in [0.1, 0.15) is 0 Å². The van der Waals surface area contributed by atoms with Crippen molar-refractivity contribution < 1.29 is 14.1 Å². The van der Waals surface area contributed by atoms with Gasteiger partial charge in [-0.2, -0.15) is 4.39 Å². The number of nitrogens with zero attached hydrogens (tertiary/aromatic N) is 1. The molecule has 0 aliphatic heterocycles. The van der Waals surface area contributed by atoms with Gasteiger partial charge in [0.05, 0.1) is 4.92 Å². The van der Waals surface area contributed by atoms with E-state index in [4.69, 9.17) is 0 Å². The number of fused-ring (bicyclic) bond motifs is 1. The lowest BCUT2D eigenvalue weighted by Crippen LogP contribution is -2.21. The van der Waals surface area contributed by atoms with Crippen LogP contribution < -0.4 is 5.32 Å². The Bertz CT molecular complexity index is 551. The van der Waals surface area contributed by atoms with Crippen LogP contribution in [0.25, 0.3) is 0 Å². The number of nitro groups is 1. The van der Waals surface area contributed by atoms with Crippen molar-refractivity contribution in [3.8, 4) is 0 Å². The van der Waals surface area contributed by atoms with Gasteiger partial charge in [0.2, 0.25) is 11.7 Å². The molecule has 2 aliphatic carbocycles. The molecule has 1 aromatic rings. The fourth-order valence-corrected chi connectivity index (χ4v) is 2.91. The number of benzene rings is 1. The first-order valence-corrected chi connectivity index (χ1v) is 6.29. The SMILES string of the molecule is O=C(Nc1ccc([N+](=O)[O-])c(F)c1)C1CC2CC2C1. The zero-order valence-corrected chi connectivity index (χ0v) is 10.1. The normalized spacial score (nSPS) is 27.7. The molecular formula is C13H13FN2O3. The summed E-state index contributed by atoms with van der Waals surface area (Å²) in [6.45, 7) is 0. The number of amides is 1. The van der Waals surface area contributed by atoms with Gasteiger partial charge < -0.3 is 5.32 Å². The summed E-state index contributed by atoms with van der Waals surface area (Å²) in [6, 6.07) is 3.41. The van der Waals surface area contributed by atoms with Crippen LogP contribution in [-0.2, 0) is 4.79 Å². The van der Waals surface area contributed by atoms with Gasteiger partial charge in [-0.1, -0.05) is 0 Å². The van der Waals surface area contributed by atoms with Gasteiger partial charge in [0.15, 0.2) is 0 Å². The highest BCUT2D eigenvalue weighted by Crippen LogP contribution is 2.54. The highest BCUT2D eigenvalue weighted by molar-refractivity contribution is 5.93. The van der Waals surface area contributed by atoms with E-state index in [0.717, 1.165) is 25.0 Å². The Hall–Kier alpha value is -1.98. The van der Waals surface area contributed by atoms with Crippen LogP contribution >= 0.6 is 0 Å². The number of halogens is 1. The van der Waals surface area contributed by atoms with Gasteiger partial charge in [-0.3, -0.25) is 14.9 Å². The lowest BCUT2D eigenvalue weighted by molar-refractivity contribution is -0.387. The smallest absolute Gasteiger partial charge is 0.304 e. The molecule has 6 heteroatoms. The molecule has 2 unspecified atom stereocenters. The number of hydrogen-bond donors (Lipinski definition) is 1. The molecule has 0 heterocycles. The molecular weight excluding hydrogens is 251 g/mol. The first-order valence-electron chi connectivity index (χ1n) is 6.29. The zero-order chi connectivity index (χ0) is 13.6. The number of rotatable bonds is 3. The van der Waals surface area contributed by atoms with Crippen LogP contribution in [0, 0.1) is 33.7 Å². The van der Waals surface area contributed by atoms with E-state index in [1.165, 1.54) is 12.5 Å². The molecule has 1 aromatic carbocycles. The molecule has 100 valence electrons. The van der Waals surface area contributed by atoms with Crippen LogP contribution in [0.3, 0.4) is 0 Å². The summed E-state index contributed by atoms with van der Waals surface area (Å²) < 4.78 is 13.4. The first-order chi connectivity index (χ1) is 9.04. The summed E-state index contributed by atoms with van der Waals surface area (Å²) in [6.07, 6.45) is 3.05. The van der Waals surface area contributed by atoms with Crippen LogP contribution in [0.2, 0.25) is 0 Å². The minimum absolute atomic E-state index is 0.00185. The summed E-state index contributed by atoms with van der Waals surface area (Å²) in [4.78, 5) is 21.6. The van der Waals surface area contributed by atoms with Crippen molar-refractivity contribution in [2.24, 2.45) is 17.8 Å². The Kier molecular flexibility index (Phi) is 2.73. The number of anilines is 1. The largest absolute Gasteiger partial charge is 0.326 e. The van der Waals surface area contributed by atoms with Crippen LogP contribution in [0.1, 0.15) is 19.3 Å². The first kappa shape index (κ1) is 12.1. The number of nitro benzene ring substituents is 1. The molecule has 0 spiro atoms. The number of carbonyl (C=O) groups is 1. The van der Waals surface area contributed by atoms with Gasteiger partial charge in [0, 0.05) is 23.7 Å². The molecule has 0 aromatic heterocycles. The highest BCUT2D eigenvalue weighted by atomic mass is 19.1. The fraction of sp³-hybridized carbons (Fsp3) is 0.462. The second-order valence-corrected chi connectivity index (χ2v) is 5.34. The van der Waals surface area contributed by atoms with E-state index in [1.54, 1.807) is 0 Å². The molecule has 2 fully saturated rings. The second-order valence-electron chi connectivity index (χ2n) is 5.34. The summed E-state index contributed by atoms with van der Waals surface area (Å²) in [5.41, 5.74) is -0.311. The molecule has 19 heavy (non-hydrogen) atoms. The number of carbonyl (C=O) groups excluding carboxylic acids is 1. The molecule has 2 aliphatic rings. The van der Waals surface area contributed by atoms with Gasteiger partial charge in [-0.05, 0) is 37.2 Å². The third-order valence-corrected chi connectivity index (χ3v) is 4.03. The topological polar surface area (TPSA) is 72.2 Å². The van der Waals surface area contributed by atoms with Crippen LogP contribution in [0.4, 0.5) is 15.8 Å². The fourth-order valence-electron chi connectivity index (χ4n) is 2.91.